The van der Waals surface area contributed by atoms with Gasteiger partial charge in [0.05, 0.1) is 6.04 Å². The number of anilines is 2. The summed E-state index contributed by atoms with van der Waals surface area (Å²) in [5.74, 6) is 0.398. The molecule has 1 aliphatic heterocycles. The van der Waals surface area contributed by atoms with Crippen molar-refractivity contribution in [1.82, 2.24) is 9.97 Å². The average molecular weight is 350 g/mol. The molecule has 4 nitrogen and oxygen atoms in total. The topological polar surface area (TPSA) is 32.3 Å². The number of alkyl halides is 3. The molecule has 0 amide bonds. The lowest BCUT2D eigenvalue weighted by atomic mass is 10.0. The fourth-order valence-corrected chi connectivity index (χ4v) is 3.15. The molecular formula is C18H21F3N4. The second-order valence-corrected chi connectivity index (χ2v) is 6.57. The Morgan fingerprint density at radius 2 is 1.92 bits per heavy atom. The molecule has 3 rings (SSSR count). The van der Waals surface area contributed by atoms with Crippen LogP contribution in [0.2, 0.25) is 0 Å². The minimum absolute atomic E-state index is 0.00149. The number of benzene rings is 1. The number of aromatic nitrogens is 2. The van der Waals surface area contributed by atoms with E-state index < -0.39 is 11.9 Å². The van der Waals surface area contributed by atoms with E-state index in [1.54, 1.807) is 19.0 Å². The van der Waals surface area contributed by atoms with E-state index in [1.165, 1.54) is 0 Å². The van der Waals surface area contributed by atoms with E-state index in [2.05, 4.69) is 16.0 Å². The first-order valence-corrected chi connectivity index (χ1v) is 8.22. The Labute approximate surface area is 145 Å². The first-order valence-electron chi connectivity index (χ1n) is 8.22. The molecule has 2 aromatic rings. The molecule has 1 fully saturated rings. The highest BCUT2D eigenvalue weighted by molar-refractivity contribution is 5.48. The van der Waals surface area contributed by atoms with Crippen LogP contribution in [-0.2, 0) is 6.18 Å². The fourth-order valence-electron chi connectivity index (χ4n) is 3.15. The third-order valence-corrected chi connectivity index (χ3v) is 4.39. The Bertz CT molecular complexity index is 758. The summed E-state index contributed by atoms with van der Waals surface area (Å²) in [5.41, 5.74) is 1.31. The van der Waals surface area contributed by atoms with E-state index in [0.717, 1.165) is 30.0 Å². The van der Waals surface area contributed by atoms with E-state index >= 15 is 0 Å². The van der Waals surface area contributed by atoms with Crippen LogP contribution in [0.3, 0.4) is 0 Å². The van der Waals surface area contributed by atoms with Crippen LogP contribution in [0.25, 0.3) is 0 Å². The lowest BCUT2D eigenvalue weighted by Gasteiger charge is -2.27. The van der Waals surface area contributed by atoms with Crippen LogP contribution in [0.15, 0.2) is 30.3 Å². The average Bonchev–Trinajstić information content (AvgIpc) is 3.03. The zero-order valence-corrected chi connectivity index (χ0v) is 14.5. The number of halogens is 3. The van der Waals surface area contributed by atoms with Crippen LogP contribution in [0.4, 0.5) is 24.9 Å². The van der Waals surface area contributed by atoms with Gasteiger partial charge >= 0.3 is 6.18 Å². The third-order valence-electron chi connectivity index (χ3n) is 4.39. The van der Waals surface area contributed by atoms with Crippen molar-refractivity contribution in [1.29, 1.82) is 0 Å². The first-order chi connectivity index (χ1) is 11.8. The smallest absolute Gasteiger partial charge is 0.363 e. The third kappa shape index (κ3) is 3.70. The number of aryl methyl sites for hydroxylation is 1. The van der Waals surface area contributed by atoms with Crippen LogP contribution in [0.5, 0.6) is 0 Å². The number of nitrogens with zero attached hydrogens (tertiary/aromatic N) is 4. The predicted molar refractivity (Wildman–Crippen MR) is 91.9 cm³/mol. The Hall–Kier alpha value is -2.31. The van der Waals surface area contributed by atoms with Gasteiger partial charge in [0, 0.05) is 26.7 Å². The lowest BCUT2D eigenvalue weighted by molar-refractivity contribution is -0.141. The maximum absolute atomic E-state index is 13.2. The molecule has 0 spiro atoms. The van der Waals surface area contributed by atoms with Crippen molar-refractivity contribution >= 4 is 11.8 Å². The zero-order valence-electron chi connectivity index (χ0n) is 14.5. The molecule has 1 aromatic heterocycles. The summed E-state index contributed by atoms with van der Waals surface area (Å²) < 4.78 is 39.7. The molecular weight excluding hydrogens is 329 g/mol. The highest BCUT2D eigenvalue weighted by Gasteiger charge is 2.36. The van der Waals surface area contributed by atoms with Gasteiger partial charge in [-0.2, -0.15) is 18.2 Å². The molecule has 25 heavy (non-hydrogen) atoms. The second-order valence-electron chi connectivity index (χ2n) is 6.57. The fraction of sp³-hybridized carbons (Fsp3) is 0.444. The second kappa shape index (κ2) is 6.54. The Kier molecular flexibility index (Phi) is 4.58. The van der Waals surface area contributed by atoms with Gasteiger partial charge in [0.25, 0.3) is 0 Å². The summed E-state index contributed by atoms with van der Waals surface area (Å²) in [4.78, 5) is 11.7. The first kappa shape index (κ1) is 17.5. The van der Waals surface area contributed by atoms with Gasteiger partial charge in [-0.1, -0.05) is 29.8 Å². The van der Waals surface area contributed by atoms with Crippen LogP contribution in [0.1, 0.15) is 35.7 Å². The van der Waals surface area contributed by atoms with Gasteiger partial charge < -0.3 is 9.80 Å². The van der Waals surface area contributed by atoms with Crippen molar-refractivity contribution in [3.05, 3.63) is 47.2 Å². The van der Waals surface area contributed by atoms with Crippen molar-refractivity contribution in [2.75, 3.05) is 30.4 Å². The molecule has 2 heterocycles. The lowest BCUT2D eigenvalue weighted by Crippen LogP contribution is -2.27. The monoisotopic (exact) mass is 350 g/mol. The van der Waals surface area contributed by atoms with E-state index in [9.17, 15) is 13.2 Å². The summed E-state index contributed by atoms with van der Waals surface area (Å²) in [7, 11) is 3.35. The molecule has 7 heteroatoms. The van der Waals surface area contributed by atoms with Crippen molar-refractivity contribution in [2.45, 2.75) is 32.0 Å². The van der Waals surface area contributed by atoms with Crippen LogP contribution >= 0.6 is 0 Å². The Balaban J connectivity index is 2.03. The summed E-state index contributed by atoms with van der Waals surface area (Å²) in [5, 5.41) is 0. The molecule has 0 N–H and O–H groups in total. The molecule has 0 bridgehead atoms. The number of hydrogen-bond donors (Lipinski definition) is 0. The molecule has 1 aliphatic rings. The SMILES string of the molecule is Cc1cccc(C2CCCN2c2nc(N(C)C)cc(C(F)(F)F)n2)c1. The molecule has 1 saturated heterocycles. The van der Waals surface area contributed by atoms with E-state index in [1.807, 2.05) is 30.0 Å². The van der Waals surface area contributed by atoms with E-state index in [4.69, 9.17) is 0 Å². The molecule has 0 aliphatic carbocycles. The van der Waals surface area contributed by atoms with E-state index in [-0.39, 0.29) is 17.8 Å². The maximum atomic E-state index is 13.2. The highest BCUT2D eigenvalue weighted by atomic mass is 19.4. The minimum atomic E-state index is -4.50. The van der Waals surface area contributed by atoms with Gasteiger partial charge in [0.2, 0.25) is 5.95 Å². The summed E-state index contributed by atoms with van der Waals surface area (Å²) in [6, 6.07) is 9.05. The highest BCUT2D eigenvalue weighted by Crippen LogP contribution is 2.37. The van der Waals surface area contributed by atoms with Crippen LogP contribution < -0.4 is 9.80 Å². The summed E-state index contributed by atoms with van der Waals surface area (Å²) >= 11 is 0. The van der Waals surface area contributed by atoms with Crippen molar-refractivity contribution < 1.29 is 13.2 Å². The Morgan fingerprint density at radius 1 is 1.16 bits per heavy atom. The van der Waals surface area contributed by atoms with Crippen LogP contribution in [-0.4, -0.2) is 30.6 Å². The summed E-state index contributed by atoms with van der Waals surface area (Å²) in [6.45, 7) is 2.65. The van der Waals surface area contributed by atoms with Gasteiger partial charge in [-0.05, 0) is 25.3 Å². The zero-order chi connectivity index (χ0) is 18.2. The van der Waals surface area contributed by atoms with Gasteiger partial charge in [0.1, 0.15) is 5.82 Å². The van der Waals surface area contributed by atoms with Gasteiger partial charge in [0.15, 0.2) is 5.69 Å². The largest absolute Gasteiger partial charge is 0.433 e. The van der Waals surface area contributed by atoms with Crippen molar-refractivity contribution in [3.8, 4) is 0 Å². The quantitative estimate of drug-likeness (QED) is 0.830. The normalized spacial score (nSPS) is 17.8. The maximum Gasteiger partial charge on any atom is 0.433 e. The summed E-state index contributed by atoms with van der Waals surface area (Å²) in [6.07, 6.45) is -2.73. The number of hydrogen-bond acceptors (Lipinski definition) is 4. The Morgan fingerprint density at radius 3 is 2.56 bits per heavy atom. The molecule has 1 aromatic carbocycles. The van der Waals surface area contributed by atoms with Gasteiger partial charge in [-0.15, -0.1) is 0 Å². The minimum Gasteiger partial charge on any atom is -0.363 e. The standard InChI is InChI=1S/C18H21F3N4/c1-12-6-4-7-13(10-12)14-8-5-9-25(14)17-22-15(18(19,20)21)11-16(23-17)24(2)3/h4,6-7,10-11,14H,5,8-9H2,1-3H3. The van der Waals surface area contributed by atoms with Gasteiger partial charge in [-0.25, -0.2) is 4.98 Å². The number of rotatable bonds is 3. The predicted octanol–water partition coefficient (Wildman–Crippen LogP) is 4.21. The van der Waals surface area contributed by atoms with E-state index in [0.29, 0.717) is 6.54 Å². The molecule has 0 saturated carbocycles. The van der Waals surface area contributed by atoms with Crippen molar-refractivity contribution in [2.24, 2.45) is 0 Å². The molecule has 134 valence electrons. The van der Waals surface area contributed by atoms with Gasteiger partial charge in [-0.3, -0.25) is 0 Å². The van der Waals surface area contributed by atoms with Crippen molar-refractivity contribution in [3.63, 3.8) is 0 Å². The molecule has 1 unspecified atom stereocenters. The van der Waals surface area contributed by atoms with Crippen LogP contribution in [0, 0.1) is 6.92 Å². The molecule has 1 atom stereocenters. The molecule has 0 radical (unpaired) electrons.